The van der Waals surface area contributed by atoms with E-state index in [0.717, 1.165) is 16.8 Å². The molecule has 0 saturated heterocycles. The highest BCUT2D eigenvalue weighted by atomic mass is 15.0. The van der Waals surface area contributed by atoms with Crippen LogP contribution in [0.5, 0.6) is 0 Å². The summed E-state index contributed by atoms with van der Waals surface area (Å²) in [6.07, 6.45) is 34.0. The highest BCUT2D eigenvalue weighted by Gasteiger charge is 2.28. The molecule has 0 spiro atoms. The lowest BCUT2D eigenvalue weighted by Crippen LogP contribution is -2.33. The minimum absolute atomic E-state index is 0.0803. The highest BCUT2D eigenvalue weighted by Crippen LogP contribution is 2.32. The molecule has 8 aromatic heterocycles. The van der Waals surface area contributed by atoms with Crippen molar-refractivity contribution in [2.24, 2.45) is 0 Å². The number of rotatable bonds is 13. The molecule has 584 valence electrons. The van der Waals surface area contributed by atoms with Crippen molar-refractivity contribution in [1.82, 2.24) is 0 Å². The van der Waals surface area contributed by atoms with Crippen LogP contribution in [-0.2, 0) is 21.7 Å². The van der Waals surface area contributed by atoms with E-state index in [2.05, 4.69) is 494 Å². The molecule has 0 aliphatic carbocycles. The van der Waals surface area contributed by atoms with E-state index in [1.807, 2.05) is 47.3 Å². The fourth-order valence-corrected chi connectivity index (χ4v) is 15.0. The van der Waals surface area contributed by atoms with Crippen molar-refractivity contribution in [3.05, 3.63) is 441 Å². The van der Waals surface area contributed by atoms with Crippen molar-refractivity contribution >= 4 is 5.69 Å². The molecule has 8 aromatic carbocycles. The van der Waals surface area contributed by atoms with Gasteiger partial charge in [-0.05, 0) is 96.7 Å². The van der Waals surface area contributed by atoms with Gasteiger partial charge in [-0.3, -0.25) is 0 Å². The molecule has 8 heterocycles. The average Bonchev–Trinajstić information content (AvgIpc) is 1.19. The first-order chi connectivity index (χ1) is 56.7. The number of nitrogens with zero attached hydrogens (tertiary/aromatic N) is 9. The summed E-state index contributed by atoms with van der Waals surface area (Å²) in [4.78, 5) is 3.62. The average molecular weight is 1550 g/mol. The molecule has 0 N–H and O–H groups in total. The van der Waals surface area contributed by atoms with Gasteiger partial charge in [0.25, 0.3) is 5.69 Å². The van der Waals surface area contributed by atoms with Crippen LogP contribution in [0, 0.1) is 13.5 Å². The zero-order valence-electron chi connectivity index (χ0n) is 71.1. The van der Waals surface area contributed by atoms with Crippen LogP contribution >= 0.6 is 0 Å². The number of hydrogen-bond donors (Lipinski definition) is 0. The maximum absolute atomic E-state index is 7.36. The molecule has 0 bridgehead atoms. The minimum atomic E-state index is 0.0803. The number of hydrogen-bond acceptors (Lipinski definition) is 0. The van der Waals surface area contributed by atoms with Crippen molar-refractivity contribution < 1.29 is 36.5 Å². The second kappa shape index (κ2) is 36.5. The zero-order valence-corrected chi connectivity index (χ0v) is 71.1. The van der Waals surface area contributed by atoms with Gasteiger partial charge in [0.15, 0.2) is 99.1 Å². The van der Waals surface area contributed by atoms with Crippen LogP contribution in [0.15, 0.2) is 396 Å². The lowest BCUT2D eigenvalue weighted by molar-refractivity contribution is -0.596. The van der Waals surface area contributed by atoms with E-state index in [1.54, 1.807) is 0 Å². The second-order valence-corrected chi connectivity index (χ2v) is 34.5. The monoisotopic (exact) mass is 1550 g/mol. The van der Waals surface area contributed by atoms with Gasteiger partial charge in [-0.15, -0.1) is 0 Å². The van der Waals surface area contributed by atoms with Gasteiger partial charge in [0, 0.05) is 179 Å². The van der Waals surface area contributed by atoms with Crippen molar-refractivity contribution in [1.29, 1.82) is 0 Å². The van der Waals surface area contributed by atoms with Crippen LogP contribution in [0.2, 0.25) is 0 Å². The van der Waals surface area contributed by atoms with Gasteiger partial charge in [0.05, 0.1) is 6.57 Å². The lowest BCUT2D eigenvalue weighted by atomic mass is 9.85. The number of aromatic nitrogens is 8. The summed E-state index contributed by atoms with van der Waals surface area (Å²) in [6.45, 7) is 41.0. The standard InChI is InChI=1S/C30H34N2.C27H25N3.2C26H26N2/c1-29(2,3)25-11-7-9-13-27(25)31-19-15-23(16-20-31)24-17-21-32(22-18-24)28-14-10-8-12-26(28)30(4,5)6;1-27(2,3)23-9-5-7-11-25(23)29-17-13-21(14-18-29)22-15-19-30(20-16-22)26-12-8-6-10-24(26)28-4;1-20(2)25-9-4-5-10-26(25)28-17-13-23(14-18-28)22-11-15-27(16-12-22)24-8-6-7-21(3)19-24;1-26(2,3)24-11-7-8-12-25(24)28-19-15-22(16-20-28)21-13-17-27(18-14-21)23-9-5-4-6-10-23/h7-22H,1-6H3;5-20H,1-3H3;2*4-20H,1-3H3/q4*+2. The lowest BCUT2D eigenvalue weighted by Gasteiger charge is -2.19. The molecule has 9 heteroatoms. The van der Waals surface area contributed by atoms with E-state index >= 15 is 0 Å². The third kappa shape index (κ3) is 20.2. The van der Waals surface area contributed by atoms with E-state index in [0.29, 0.717) is 11.6 Å². The van der Waals surface area contributed by atoms with E-state index in [-0.39, 0.29) is 21.7 Å². The Kier molecular flexibility index (Phi) is 25.5. The van der Waals surface area contributed by atoms with Gasteiger partial charge < -0.3 is 0 Å². The Morgan fingerprint density at radius 1 is 0.229 bits per heavy atom. The maximum atomic E-state index is 7.36. The van der Waals surface area contributed by atoms with Gasteiger partial charge in [-0.1, -0.05) is 230 Å². The van der Waals surface area contributed by atoms with Crippen molar-refractivity contribution in [3.8, 4) is 90.0 Å². The quantitative estimate of drug-likeness (QED) is 0.0815. The predicted octanol–water partition coefficient (Wildman–Crippen LogP) is 22.8. The molecule has 0 amide bonds. The topological polar surface area (TPSA) is 35.4 Å². The fourth-order valence-electron chi connectivity index (χ4n) is 15.0. The van der Waals surface area contributed by atoms with Crippen LogP contribution in [0.1, 0.15) is 136 Å². The van der Waals surface area contributed by atoms with E-state index in [4.69, 9.17) is 6.57 Å². The predicted molar refractivity (Wildman–Crippen MR) is 480 cm³/mol. The molecule has 118 heavy (non-hydrogen) atoms. The first kappa shape index (κ1) is 82.4. The summed E-state index contributed by atoms with van der Waals surface area (Å²) in [5.74, 6) is 0.495. The first-order valence-corrected chi connectivity index (χ1v) is 41.0. The number of para-hydroxylation sites is 8. The Balaban J connectivity index is 0.000000137. The number of pyridine rings is 8. The maximum Gasteiger partial charge on any atom is 0.256 e. The smallest absolute Gasteiger partial charge is 0.231 e. The number of aryl methyl sites for hydroxylation is 1. The largest absolute Gasteiger partial charge is 0.256 e. The van der Waals surface area contributed by atoms with Crippen LogP contribution in [-0.4, -0.2) is 0 Å². The molecular formula is C109H111N9+8. The first-order valence-electron chi connectivity index (χ1n) is 41.0. The molecule has 0 aliphatic rings. The van der Waals surface area contributed by atoms with Crippen LogP contribution < -0.4 is 36.5 Å². The number of benzene rings is 8. The SMILES string of the molecule is CC(C)(C)c1ccccc1-[n+]1ccc(-c2cc[n+](-c3ccccc3)cc2)cc1.CC(C)(C)c1ccccc1-[n+]1ccc(-c2cc[n+](-c3ccccc3C(C)(C)C)cc2)cc1.Cc1cccc(-[n+]2ccc(-c3cc[n+](-c4ccccc4C(C)C)cc3)cc2)c1.[C-]#[N+]c1ccccc1-[n+]1ccc(-c2cc[n+](-c3ccccc3C(C)(C)C)cc2)cc1. The molecule has 0 unspecified atom stereocenters. The summed E-state index contributed by atoms with van der Waals surface area (Å²) < 4.78 is 17.3. The second-order valence-electron chi connectivity index (χ2n) is 34.5. The Labute approximate surface area is 700 Å². The molecule has 0 aliphatic heterocycles. The third-order valence-corrected chi connectivity index (χ3v) is 21.4. The van der Waals surface area contributed by atoms with E-state index < -0.39 is 0 Å². The van der Waals surface area contributed by atoms with Gasteiger partial charge in [-0.2, -0.15) is 36.5 Å². The summed E-state index contributed by atoms with van der Waals surface area (Å²) in [6, 6.07) is 104. The minimum Gasteiger partial charge on any atom is -0.231 e. The Bertz CT molecular complexity index is 5960. The van der Waals surface area contributed by atoms with Crippen LogP contribution in [0.25, 0.3) is 94.9 Å². The zero-order chi connectivity index (χ0) is 83.1. The molecule has 0 atom stereocenters. The molecule has 16 aromatic rings. The fraction of sp³-hybridized carbons (Fsp3) is 0.183. The van der Waals surface area contributed by atoms with Crippen LogP contribution in [0.4, 0.5) is 5.69 Å². The summed E-state index contributed by atoms with van der Waals surface area (Å²) >= 11 is 0. The Morgan fingerprint density at radius 2 is 0.458 bits per heavy atom. The summed E-state index contributed by atoms with van der Waals surface area (Å²) in [7, 11) is 0. The van der Waals surface area contributed by atoms with Gasteiger partial charge in [0.2, 0.25) is 45.5 Å². The van der Waals surface area contributed by atoms with Gasteiger partial charge >= 0.3 is 0 Å². The normalized spacial score (nSPS) is 11.4. The molecule has 0 radical (unpaired) electrons. The van der Waals surface area contributed by atoms with Crippen LogP contribution in [0.3, 0.4) is 0 Å². The van der Waals surface area contributed by atoms with Crippen molar-refractivity contribution in [3.63, 3.8) is 0 Å². The molecule has 0 fully saturated rings. The van der Waals surface area contributed by atoms with E-state index in [9.17, 15) is 0 Å². The van der Waals surface area contributed by atoms with Crippen molar-refractivity contribution in [2.45, 2.75) is 131 Å². The molecule has 9 nitrogen and oxygen atoms in total. The third-order valence-electron chi connectivity index (χ3n) is 21.4. The Morgan fingerprint density at radius 3 is 0.746 bits per heavy atom. The van der Waals surface area contributed by atoms with Gasteiger partial charge in [0.1, 0.15) is 0 Å². The van der Waals surface area contributed by atoms with Crippen molar-refractivity contribution in [2.75, 3.05) is 0 Å². The molecular weight excluding hydrogens is 1440 g/mol. The van der Waals surface area contributed by atoms with E-state index in [1.165, 1.54) is 107 Å². The molecule has 16 rings (SSSR count). The Hall–Kier alpha value is -13.6. The summed E-state index contributed by atoms with van der Waals surface area (Å²) in [5.41, 5.74) is 28.0. The summed E-state index contributed by atoms with van der Waals surface area (Å²) in [5, 5.41) is 0. The molecule has 0 saturated carbocycles. The highest BCUT2D eigenvalue weighted by molar-refractivity contribution is 5.65. The van der Waals surface area contributed by atoms with Gasteiger partial charge in [-0.25, -0.2) is 4.85 Å².